The van der Waals surface area contributed by atoms with Crippen LogP contribution in [0.5, 0.6) is 0 Å². The molecule has 0 aliphatic carbocycles. The normalized spacial score (nSPS) is 25.0. The van der Waals surface area contributed by atoms with Crippen LogP contribution in [-0.2, 0) is 0 Å². The molecule has 3 aliphatic heterocycles. The third kappa shape index (κ3) is 13.4. The number of unbranched alkanes of at least 4 members (excludes halogenated alkanes) is 1. The molecule has 0 radical (unpaired) electrons. The third-order valence-corrected chi connectivity index (χ3v) is 19.2. The zero-order chi connectivity index (χ0) is 21.6. The average molecular weight is 464 g/mol. The lowest BCUT2D eigenvalue weighted by molar-refractivity contribution is 0.739. The Kier molecular flexibility index (Phi) is 14.8. The van der Waals surface area contributed by atoms with Crippen molar-refractivity contribution >= 4 is 21.8 Å². The fourth-order valence-electron chi connectivity index (χ4n) is 5.45. The van der Waals surface area contributed by atoms with Gasteiger partial charge in [-0.25, -0.2) is 0 Å². The fraction of sp³-hybridized carbons (Fsp3) is 1.00. The summed E-state index contributed by atoms with van der Waals surface area (Å²) < 4.78 is 0. The monoisotopic (exact) mass is 463 g/mol. The summed E-state index contributed by atoms with van der Waals surface area (Å²) in [6.07, 6.45) is 30.7. The van der Waals surface area contributed by atoms with E-state index in [-0.39, 0.29) is 21.8 Å². The van der Waals surface area contributed by atoms with Gasteiger partial charge in [0.25, 0.3) is 0 Å². The van der Waals surface area contributed by atoms with E-state index in [0.29, 0.717) is 0 Å². The van der Waals surface area contributed by atoms with Crippen LogP contribution >= 0.6 is 21.8 Å². The van der Waals surface area contributed by atoms with Crippen molar-refractivity contribution in [1.29, 1.82) is 0 Å². The van der Waals surface area contributed by atoms with Gasteiger partial charge in [0.15, 0.2) is 0 Å². The van der Waals surface area contributed by atoms with Gasteiger partial charge in [-0.2, -0.15) is 0 Å². The summed E-state index contributed by atoms with van der Waals surface area (Å²) in [6.45, 7) is 14.8. The van der Waals surface area contributed by atoms with Crippen LogP contribution in [0.3, 0.4) is 0 Å². The lowest BCUT2D eigenvalue weighted by atomic mass is 10.3. The van der Waals surface area contributed by atoms with E-state index < -0.39 is 0 Å². The van der Waals surface area contributed by atoms with Crippen molar-refractivity contribution in [2.75, 3.05) is 76.0 Å². The smallest absolute Gasteiger partial charge is 0.0591 e. The van der Waals surface area contributed by atoms with Gasteiger partial charge in [0.1, 0.15) is 0 Å². The lowest BCUT2D eigenvalue weighted by Gasteiger charge is -2.26. The Balaban J connectivity index is 0.000000220. The Morgan fingerprint density at radius 2 is 0.828 bits per heavy atom. The van der Waals surface area contributed by atoms with Crippen molar-refractivity contribution in [1.82, 2.24) is 0 Å². The largest absolute Gasteiger partial charge is 0.0652 e. The molecule has 0 aromatic rings. The van der Waals surface area contributed by atoms with E-state index in [2.05, 4.69) is 40.5 Å². The first-order valence-corrected chi connectivity index (χ1v) is 21.9. The molecule has 3 rings (SSSR count). The fourth-order valence-corrected chi connectivity index (χ4v) is 15.3. The Morgan fingerprint density at radius 1 is 0.448 bits per heavy atom. The average Bonchev–Trinajstić information content (AvgIpc) is 2.68. The molecule has 0 atom stereocenters. The molecule has 3 saturated heterocycles. The minimum Gasteiger partial charge on any atom is -0.0652 e. The summed E-state index contributed by atoms with van der Waals surface area (Å²) in [6, 6.07) is 0. The highest BCUT2D eigenvalue weighted by atomic mass is 31.2. The minimum absolute atomic E-state index is 0.337. The molecule has 174 valence electrons. The highest BCUT2D eigenvalue weighted by molar-refractivity contribution is 7.75. The molecule has 0 saturated carbocycles. The second-order valence-electron chi connectivity index (χ2n) is 11.5. The Morgan fingerprint density at radius 3 is 1.14 bits per heavy atom. The summed E-state index contributed by atoms with van der Waals surface area (Å²) >= 11 is 0. The SMILES string of the molecule is CCCC[P+]1(C)CCCCC1.CCC[P+]1(C)CCCCC1.C[P+]1(C)CCCCC1. The number of rotatable bonds is 5. The molecule has 0 unspecified atom stereocenters. The Labute approximate surface area is 188 Å². The van der Waals surface area contributed by atoms with E-state index in [1.54, 1.807) is 49.3 Å². The molecule has 3 fully saturated rings. The van der Waals surface area contributed by atoms with Crippen molar-refractivity contribution in [3.63, 3.8) is 0 Å². The highest BCUT2D eigenvalue weighted by Gasteiger charge is 2.32. The first-order chi connectivity index (χ1) is 13.7. The van der Waals surface area contributed by atoms with Crippen LogP contribution < -0.4 is 0 Å². The second-order valence-corrected chi connectivity index (χ2v) is 25.4. The summed E-state index contributed by atoms with van der Waals surface area (Å²) in [5.41, 5.74) is 0. The van der Waals surface area contributed by atoms with Gasteiger partial charge >= 0.3 is 0 Å². The third-order valence-electron chi connectivity index (χ3n) is 7.63. The van der Waals surface area contributed by atoms with Crippen molar-refractivity contribution < 1.29 is 0 Å². The van der Waals surface area contributed by atoms with Crippen molar-refractivity contribution in [3.05, 3.63) is 0 Å². The van der Waals surface area contributed by atoms with Gasteiger partial charge < -0.3 is 0 Å². The molecule has 0 nitrogen and oxygen atoms in total. The van der Waals surface area contributed by atoms with E-state index >= 15 is 0 Å². The standard InChI is InChI=1S/C10H22P.C9H20P.C7H16P/c1-3-4-8-11(2)9-6-5-7-10-11;1-3-7-10(2)8-5-4-6-9-10;1-8(2)6-4-3-5-7-8/h3-10H2,1-2H3;3-9H2,1-2H3;3-7H2,1-2H3/q3*+1. The van der Waals surface area contributed by atoms with Gasteiger partial charge in [-0.3, -0.25) is 0 Å². The topological polar surface area (TPSA) is 0 Å². The van der Waals surface area contributed by atoms with Gasteiger partial charge in [0.05, 0.1) is 49.3 Å². The van der Waals surface area contributed by atoms with Crippen LogP contribution in [0.25, 0.3) is 0 Å². The first kappa shape index (κ1) is 28.3. The molecule has 0 bridgehead atoms. The van der Waals surface area contributed by atoms with Gasteiger partial charge in [-0.15, -0.1) is 0 Å². The van der Waals surface area contributed by atoms with E-state index in [1.807, 2.05) is 0 Å². The molecule has 0 aromatic heterocycles. The van der Waals surface area contributed by atoms with Crippen LogP contribution in [0.2, 0.25) is 0 Å². The maximum Gasteiger partial charge on any atom is 0.0591 e. The maximum atomic E-state index is 2.60. The van der Waals surface area contributed by atoms with Crippen molar-refractivity contribution in [2.45, 2.75) is 90.9 Å². The van der Waals surface area contributed by atoms with Crippen molar-refractivity contribution in [2.24, 2.45) is 0 Å². The second kappa shape index (κ2) is 15.2. The zero-order valence-electron chi connectivity index (χ0n) is 21.5. The van der Waals surface area contributed by atoms with Gasteiger partial charge in [-0.1, -0.05) is 20.3 Å². The van der Waals surface area contributed by atoms with Crippen LogP contribution in [0.4, 0.5) is 0 Å². The lowest BCUT2D eigenvalue weighted by Crippen LogP contribution is -2.11. The molecule has 0 amide bonds. The van der Waals surface area contributed by atoms with Crippen LogP contribution in [-0.4, -0.2) is 76.0 Å². The minimum atomic E-state index is -0.380. The molecular weight excluding hydrogens is 405 g/mol. The van der Waals surface area contributed by atoms with Crippen molar-refractivity contribution in [3.8, 4) is 0 Å². The quantitative estimate of drug-likeness (QED) is 0.356. The van der Waals surface area contributed by atoms with Crippen LogP contribution in [0.15, 0.2) is 0 Å². The Bertz CT molecular complexity index is 379. The molecule has 3 heteroatoms. The van der Waals surface area contributed by atoms with Gasteiger partial charge in [0.2, 0.25) is 0 Å². The molecule has 0 aromatic carbocycles. The van der Waals surface area contributed by atoms with Gasteiger partial charge in [0, 0.05) is 48.4 Å². The molecular formula is C26H58P3+3. The molecule has 3 heterocycles. The molecule has 0 spiro atoms. The number of hydrogen-bond donors (Lipinski definition) is 0. The predicted molar refractivity (Wildman–Crippen MR) is 150 cm³/mol. The van der Waals surface area contributed by atoms with E-state index in [4.69, 9.17) is 0 Å². The van der Waals surface area contributed by atoms with E-state index in [0.717, 1.165) is 0 Å². The summed E-state index contributed by atoms with van der Waals surface area (Å²) in [7, 11) is -1.08. The van der Waals surface area contributed by atoms with Gasteiger partial charge in [-0.05, 0) is 70.6 Å². The highest BCUT2D eigenvalue weighted by Crippen LogP contribution is 2.60. The predicted octanol–water partition coefficient (Wildman–Crippen LogP) is 9.29. The molecule has 3 aliphatic rings. The Hall–Kier alpha value is 1.29. The summed E-state index contributed by atoms with van der Waals surface area (Å²) in [5, 5.41) is 0. The van der Waals surface area contributed by atoms with E-state index in [1.165, 1.54) is 77.0 Å². The number of hydrogen-bond acceptors (Lipinski definition) is 0. The van der Waals surface area contributed by atoms with Crippen LogP contribution in [0.1, 0.15) is 90.9 Å². The summed E-state index contributed by atoms with van der Waals surface area (Å²) in [5.74, 6) is 0. The maximum absolute atomic E-state index is 2.60. The molecule has 29 heavy (non-hydrogen) atoms. The van der Waals surface area contributed by atoms with Crippen LogP contribution in [0, 0.1) is 0 Å². The first-order valence-electron chi connectivity index (χ1n) is 13.2. The molecule has 0 N–H and O–H groups in total. The summed E-state index contributed by atoms with van der Waals surface area (Å²) in [4.78, 5) is 0. The van der Waals surface area contributed by atoms with E-state index in [9.17, 15) is 0 Å². The zero-order valence-corrected chi connectivity index (χ0v) is 24.2.